The molecule has 0 saturated heterocycles. The molecule has 4 rings (SSSR count). The number of hydrogen-bond acceptors (Lipinski definition) is 2. The molecular weight excluding hydrogens is 346 g/mol. The number of ether oxygens (including phenoxy) is 1. The van der Waals surface area contributed by atoms with Crippen LogP contribution >= 0.6 is 0 Å². The van der Waals surface area contributed by atoms with E-state index in [0.717, 1.165) is 51.5 Å². The number of carbonyl (C=O) groups excluding carboxylic acids is 1. The number of benzene rings is 3. The fraction of sp³-hybridized carbons (Fsp3) is 0.240. The monoisotopic (exact) mass is 371 g/mol. The Morgan fingerprint density at radius 3 is 2.61 bits per heavy atom. The summed E-state index contributed by atoms with van der Waals surface area (Å²) in [5.74, 6) is 0.867. The van der Waals surface area contributed by atoms with E-state index in [2.05, 4.69) is 17.6 Å². The molecule has 1 aromatic heterocycles. The van der Waals surface area contributed by atoms with Gasteiger partial charge in [-0.3, -0.25) is 4.79 Å². The zero-order valence-electron chi connectivity index (χ0n) is 16.4. The van der Waals surface area contributed by atoms with Crippen LogP contribution in [0, 0.1) is 0 Å². The number of methoxy groups -OCH3 is 1. The van der Waals surface area contributed by atoms with E-state index >= 15 is 0 Å². The Bertz CT molecular complexity index is 1140. The maximum Gasteiger partial charge on any atom is 0.195 e. The van der Waals surface area contributed by atoms with Gasteiger partial charge >= 0.3 is 0 Å². The molecule has 28 heavy (non-hydrogen) atoms. The zero-order valence-corrected chi connectivity index (χ0v) is 16.4. The van der Waals surface area contributed by atoms with E-state index in [0.29, 0.717) is 0 Å². The number of aromatic nitrogens is 1. The number of ketones is 1. The molecule has 4 aromatic rings. The molecule has 0 amide bonds. The van der Waals surface area contributed by atoms with E-state index in [1.807, 2.05) is 60.8 Å². The van der Waals surface area contributed by atoms with Gasteiger partial charge in [0.05, 0.1) is 7.11 Å². The molecule has 0 spiro atoms. The van der Waals surface area contributed by atoms with Crippen LogP contribution in [0.3, 0.4) is 0 Å². The third kappa shape index (κ3) is 3.29. The third-order valence-electron chi connectivity index (χ3n) is 5.37. The van der Waals surface area contributed by atoms with E-state index in [1.54, 1.807) is 7.11 Å². The van der Waals surface area contributed by atoms with Gasteiger partial charge in [0, 0.05) is 34.8 Å². The van der Waals surface area contributed by atoms with E-state index in [-0.39, 0.29) is 5.78 Å². The summed E-state index contributed by atoms with van der Waals surface area (Å²) in [7, 11) is 1.66. The normalized spacial score (nSPS) is 11.2. The average molecular weight is 371 g/mol. The molecule has 0 aliphatic rings. The smallest absolute Gasteiger partial charge is 0.195 e. The predicted octanol–water partition coefficient (Wildman–Crippen LogP) is 6.22. The van der Waals surface area contributed by atoms with Gasteiger partial charge in [-0.05, 0) is 41.5 Å². The molecule has 0 bridgehead atoms. The molecule has 3 aromatic carbocycles. The number of unbranched alkanes of at least 4 members (excludes halogenated alkanes) is 2. The standard InChI is InChI=1S/C25H25NO2/c1-3-4-7-15-26-17-23(21-10-5-6-12-24(21)26)25(27)22-11-8-9-18-16-19(28-2)13-14-20(18)22/h5-6,8-14,16-17H,3-4,7,15H2,1-2H3. The maximum absolute atomic E-state index is 13.5. The predicted molar refractivity (Wildman–Crippen MR) is 115 cm³/mol. The summed E-state index contributed by atoms with van der Waals surface area (Å²) in [6.45, 7) is 3.15. The van der Waals surface area contributed by atoms with E-state index in [1.165, 1.54) is 12.8 Å². The summed E-state index contributed by atoms with van der Waals surface area (Å²) in [5, 5.41) is 2.99. The second-order valence-electron chi connectivity index (χ2n) is 7.18. The van der Waals surface area contributed by atoms with Crippen LogP contribution in [-0.2, 0) is 6.54 Å². The number of carbonyl (C=O) groups is 1. The highest BCUT2D eigenvalue weighted by Gasteiger charge is 2.18. The Hall–Kier alpha value is -3.07. The van der Waals surface area contributed by atoms with Gasteiger partial charge < -0.3 is 9.30 Å². The highest BCUT2D eigenvalue weighted by molar-refractivity contribution is 6.21. The van der Waals surface area contributed by atoms with Crippen molar-refractivity contribution >= 4 is 27.5 Å². The molecule has 0 radical (unpaired) electrons. The van der Waals surface area contributed by atoms with Crippen LogP contribution in [0.15, 0.2) is 66.9 Å². The molecule has 3 heteroatoms. The second kappa shape index (κ2) is 7.89. The lowest BCUT2D eigenvalue weighted by atomic mass is 9.97. The van der Waals surface area contributed by atoms with Crippen molar-refractivity contribution in [2.24, 2.45) is 0 Å². The van der Waals surface area contributed by atoms with Gasteiger partial charge in [0.1, 0.15) is 5.75 Å². The van der Waals surface area contributed by atoms with Gasteiger partial charge in [-0.25, -0.2) is 0 Å². The summed E-state index contributed by atoms with van der Waals surface area (Å²) in [6.07, 6.45) is 5.54. The maximum atomic E-state index is 13.5. The molecule has 3 nitrogen and oxygen atoms in total. The van der Waals surface area contributed by atoms with Crippen molar-refractivity contribution in [2.45, 2.75) is 32.7 Å². The molecule has 0 unspecified atom stereocenters. The van der Waals surface area contributed by atoms with Crippen molar-refractivity contribution in [3.8, 4) is 5.75 Å². The minimum Gasteiger partial charge on any atom is -0.497 e. The molecule has 0 atom stereocenters. The van der Waals surface area contributed by atoms with Gasteiger partial charge in [0.15, 0.2) is 5.78 Å². The number of rotatable bonds is 7. The molecule has 0 fully saturated rings. The lowest BCUT2D eigenvalue weighted by Crippen LogP contribution is -2.02. The van der Waals surface area contributed by atoms with Crippen molar-refractivity contribution in [3.63, 3.8) is 0 Å². The highest BCUT2D eigenvalue weighted by Crippen LogP contribution is 2.29. The van der Waals surface area contributed by atoms with Gasteiger partial charge in [-0.15, -0.1) is 0 Å². The SMILES string of the molecule is CCCCCn1cc(C(=O)c2cccc3cc(OC)ccc23)c2ccccc21. The van der Waals surface area contributed by atoms with Crippen LogP contribution in [0.1, 0.15) is 42.1 Å². The molecule has 0 N–H and O–H groups in total. The van der Waals surface area contributed by atoms with Gasteiger partial charge in [0.2, 0.25) is 0 Å². The van der Waals surface area contributed by atoms with Crippen LogP contribution in [0.4, 0.5) is 0 Å². The lowest BCUT2D eigenvalue weighted by molar-refractivity contribution is 0.104. The van der Waals surface area contributed by atoms with Crippen LogP contribution in [0.25, 0.3) is 21.7 Å². The minimum atomic E-state index is 0.0706. The van der Waals surface area contributed by atoms with Crippen molar-refractivity contribution < 1.29 is 9.53 Å². The third-order valence-corrected chi connectivity index (χ3v) is 5.37. The number of para-hydroxylation sites is 1. The van der Waals surface area contributed by atoms with Crippen LogP contribution in [-0.4, -0.2) is 17.5 Å². The lowest BCUT2D eigenvalue weighted by Gasteiger charge is -2.07. The summed E-state index contributed by atoms with van der Waals surface area (Å²) >= 11 is 0. The van der Waals surface area contributed by atoms with E-state index in [4.69, 9.17) is 4.74 Å². The fourth-order valence-corrected chi connectivity index (χ4v) is 3.88. The zero-order chi connectivity index (χ0) is 19.5. The van der Waals surface area contributed by atoms with Gasteiger partial charge in [-0.2, -0.15) is 0 Å². The summed E-state index contributed by atoms with van der Waals surface area (Å²) in [5.41, 5.74) is 2.64. The first-order valence-electron chi connectivity index (χ1n) is 9.92. The largest absolute Gasteiger partial charge is 0.497 e. The van der Waals surface area contributed by atoms with Crippen molar-refractivity contribution in [1.29, 1.82) is 0 Å². The van der Waals surface area contributed by atoms with E-state index < -0.39 is 0 Å². The van der Waals surface area contributed by atoms with E-state index in [9.17, 15) is 4.79 Å². The minimum absolute atomic E-state index is 0.0706. The Morgan fingerprint density at radius 1 is 0.929 bits per heavy atom. The van der Waals surface area contributed by atoms with Gasteiger partial charge in [0.25, 0.3) is 0 Å². The Labute approximate surface area is 165 Å². The van der Waals surface area contributed by atoms with Crippen molar-refractivity contribution in [3.05, 3.63) is 78.0 Å². The second-order valence-corrected chi connectivity index (χ2v) is 7.18. The molecule has 142 valence electrons. The first kappa shape index (κ1) is 18.3. The highest BCUT2D eigenvalue weighted by atomic mass is 16.5. The molecule has 0 saturated carbocycles. The number of nitrogens with zero attached hydrogens (tertiary/aromatic N) is 1. The van der Waals surface area contributed by atoms with Crippen molar-refractivity contribution in [1.82, 2.24) is 4.57 Å². The number of aryl methyl sites for hydroxylation is 1. The fourth-order valence-electron chi connectivity index (χ4n) is 3.88. The Morgan fingerprint density at radius 2 is 1.79 bits per heavy atom. The topological polar surface area (TPSA) is 31.2 Å². The first-order chi connectivity index (χ1) is 13.7. The summed E-state index contributed by atoms with van der Waals surface area (Å²) < 4.78 is 7.56. The molecule has 0 aliphatic carbocycles. The summed E-state index contributed by atoms with van der Waals surface area (Å²) in [4.78, 5) is 13.5. The molecule has 0 aliphatic heterocycles. The number of hydrogen-bond donors (Lipinski definition) is 0. The van der Waals surface area contributed by atoms with Crippen LogP contribution in [0.5, 0.6) is 5.75 Å². The average Bonchev–Trinajstić information content (AvgIpc) is 3.11. The van der Waals surface area contributed by atoms with Crippen LogP contribution in [0.2, 0.25) is 0 Å². The Balaban J connectivity index is 1.80. The van der Waals surface area contributed by atoms with Crippen molar-refractivity contribution in [2.75, 3.05) is 7.11 Å². The molecular formula is C25H25NO2. The quantitative estimate of drug-likeness (QED) is 0.285. The Kier molecular flexibility index (Phi) is 5.16. The molecule has 1 heterocycles. The first-order valence-corrected chi connectivity index (χ1v) is 9.92. The van der Waals surface area contributed by atoms with Gasteiger partial charge in [-0.1, -0.05) is 56.2 Å². The number of fused-ring (bicyclic) bond motifs is 2. The summed E-state index contributed by atoms with van der Waals surface area (Å²) in [6, 6.07) is 19.9. The van der Waals surface area contributed by atoms with Crippen LogP contribution < -0.4 is 4.74 Å².